The van der Waals surface area contributed by atoms with Crippen molar-refractivity contribution in [3.8, 4) is 0 Å². The number of benzene rings is 1. The first-order chi connectivity index (χ1) is 8.38. The molecule has 1 saturated heterocycles. The van der Waals surface area contributed by atoms with E-state index in [1.54, 1.807) is 0 Å². The Balaban J connectivity index is 2.08. The molecule has 1 aliphatic heterocycles. The molecule has 0 aromatic heterocycles. The van der Waals surface area contributed by atoms with Crippen molar-refractivity contribution < 1.29 is 0 Å². The summed E-state index contributed by atoms with van der Waals surface area (Å²) in [6.07, 6.45) is 0. The fraction of sp³-hybridized carbons (Fsp3) is 0.571. The van der Waals surface area contributed by atoms with Crippen LogP contribution in [0.4, 0.5) is 5.69 Å². The number of nitrogens with two attached hydrogens (primary N) is 1. The van der Waals surface area contributed by atoms with Gasteiger partial charge in [0.15, 0.2) is 0 Å². The summed E-state index contributed by atoms with van der Waals surface area (Å²) < 4.78 is 0. The van der Waals surface area contributed by atoms with Crippen molar-refractivity contribution in [1.82, 2.24) is 9.80 Å². The van der Waals surface area contributed by atoms with Gasteiger partial charge < -0.3 is 5.73 Å². The molecule has 0 bridgehead atoms. The molecule has 0 atom stereocenters. The van der Waals surface area contributed by atoms with E-state index >= 15 is 0 Å². The minimum Gasteiger partial charge on any atom is -0.399 e. The van der Waals surface area contributed by atoms with E-state index < -0.39 is 0 Å². The van der Waals surface area contributed by atoms with Crippen LogP contribution in [-0.2, 0) is 6.54 Å². The lowest BCUT2D eigenvalue weighted by Crippen LogP contribution is -2.57. The maximum Gasteiger partial charge on any atom is 0.0452 e. The molecular weight excluding hydrogens is 246 g/mol. The summed E-state index contributed by atoms with van der Waals surface area (Å²) in [5, 5.41) is 0.806. The topological polar surface area (TPSA) is 32.5 Å². The zero-order valence-corrected chi connectivity index (χ0v) is 12.2. The first-order valence-corrected chi connectivity index (χ1v) is 6.74. The van der Waals surface area contributed by atoms with E-state index in [1.165, 1.54) is 0 Å². The van der Waals surface area contributed by atoms with Crippen LogP contribution in [0.2, 0.25) is 5.02 Å². The number of nitrogens with zero attached hydrogens (tertiary/aromatic N) is 2. The van der Waals surface area contributed by atoms with Crippen LogP contribution in [-0.4, -0.2) is 42.0 Å². The molecule has 0 spiro atoms. The highest BCUT2D eigenvalue weighted by Crippen LogP contribution is 2.24. The Morgan fingerprint density at radius 1 is 1.33 bits per heavy atom. The molecule has 3 nitrogen and oxygen atoms in total. The third kappa shape index (κ3) is 2.97. The Morgan fingerprint density at radius 2 is 2.06 bits per heavy atom. The highest BCUT2D eigenvalue weighted by atomic mass is 35.5. The SMILES string of the molecule is CN1CCN(Cc2cc(N)ccc2Cl)CC1(C)C. The normalized spacial score (nSPS) is 21.1. The number of hydrogen-bond acceptors (Lipinski definition) is 3. The lowest BCUT2D eigenvalue weighted by Gasteiger charge is -2.45. The third-order valence-electron chi connectivity index (χ3n) is 3.86. The molecular formula is C14H22ClN3. The Hall–Kier alpha value is -0.770. The van der Waals surface area contributed by atoms with Gasteiger partial charge in [0.25, 0.3) is 0 Å². The molecule has 0 radical (unpaired) electrons. The van der Waals surface area contributed by atoms with Gasteiger partial charge in [-0.15, -0.1) is 0 Å². The maximum absolute atomic E-state index is 6.22. The average molecular weight is 268 g/mol. The second-order valence-electron chi connectivity index (χ2n) is 5.80. The molecule has 18 heavy (non-hydrogen) atoms. The van der Waals surface area contributed by atoms with Gasteiger partial charge in [0, 0.05) is 42.4 Å². The maximum atomic E-state index is 6.22. The van der Waals surface area contributed by atoms with Crippen molar-refractivity contribution in [2.24, 2.45) is 0 Å². The number of likely N-dealkylation sites (N-methyl/N-ethyl adjacent to an activating group) is 1. The molecule has 1 aromatic rings. The monoisotopic (exact) mass is 267 g/mol. The van der Waals surface area contributed by atoms with Gasteiger partial charge in [-0.3, -0.25) is 9.80 Å². The van der Waals surface area contributed by atoms with Gasteiger partial charge in [-0.2, -0.15) is 0 Å². The van der Waals surface area contributed by atoms with E-state index in [9.17, 15) is 0 Å². The summed E-state index contributed by atoms with van der Waals surface area (Å²) in [6.45, 7) is 8.65. The van der Waals surface area contributed by atoms with E-state index in [1.807, 2.05) is 18.2 Å². The molecule has 2 rings (SSSR count). The lowest BCUT2D eigenvalue weighted by molar-refractivity contribution is 0.0360. The molecule has 4 heteroatoms. The predicted octanol–water partition coefficient (Wildman–Crippen LogP) is 2.45. The molecule has 1 heterocycles. The Bertz CT molecular complexity index is 431. The van der Waals surface area contributed by atoms with Crippen molar-refractivity contribution in [3.63, 3.8) is 0 Å². The predicted molar refractivity (Wildman–Crippen MR) is 77.9 cm³/mol. The van der Waals surface area contributed by atoms with Gasteiger partial charge in [0.1, 0.15) is 0 Å². The fourth-order valence-electron chi connectivity index (χ4n) is 2.43. The van der Waals surface area contributed by atoms with Crippen LogP contribution in [0, 0.1) is 0 Å². The number of halogens is 1. The van der Waals surface area contributed by atoms with Crippen molar-refractivity contribution >= 4 is 17.3 Å². The van der Waals surface area contributed by atoms with E-state index in [0.717, 1.165) is 42.5 Å². The van der Waals surface area contributed by atoms with Gasteiger partial charge in [-0.1, -0.05) is 11.6 Å². The van der Waals surface area contributed by atoms with Gasteiger partial charge in [0.05, 0.1) is 0 Å². The van der Waals surface area contributed by atoms with Crippen LogP contribution in [0.15, 0.2) is 18.2 Å². The standard InChI is InChI=1S/C14H22ClN3/c1-14(2)10-18(7-6-17(14)3)9-11-8-12(16)4-5-13(11)15/h4-5,8H,6-7,9-10,16H2,1-3H3. The molecule has 0 unspecified atom stereocenters. The minimum absolute atomic E-state index is 0.213. The molecule has 100 valence electrons. The first-order valence-electron chi connectivity index (χ1n) is 6.36. The molecule has 1 aromatic carbocycles. The molecule has 0 saturated carbocycles. The largest absolute Gasteiger partial charge is 0.399 e. The minimum atomic E-state index is 0.213. The quantitative estimate of drug-likeness (QED) is 0.836. The summed E-state index contributed by atoms with van der Waals surface area (Å²) >= 11 is 6.22. The fourth-order valence-corrected chi connectivity index (χ4v) is 2.61. The summed E-state index contributed by atoms with van der Waals surface area (Å²) in [4.78, 5) is 4.85. The van der Waals surface area contributed by atoms with E-state index in [-0.39, 0.29) is 5.54 Å². The number of piperazine rings is 1. The van der Waals surface area contributed by atoms with Gasteiger partial charge in [-0.05, 0) is 44.7 Å². The van der Waals surface area contributed by atoms with Crippen LogP contribution in [0.25, 0.3) is 0 Å². The first kappa shape index (κ1) is 13.7. The second-order valence-corrected chi connectivity index (χ2v) is 6.20. The van der Waals surface area contributed by atoms with Gasteiger partial charge >= 0.3 is 0 Å². The van der Waals surface area contributed by atoms with E-state index in [4.69, 9.17) is 17.3 Å². The number of rotatable bonds is 2. The van der Waals surface area contributed by atoms with Crippen molar-refractivity contribution in [2.75, 3.05) is 32.4 Å². The van der Waals surface area contributed by atoms with Crippen LogP contribution < -0.4 is 5.73 Å². The summed E-state index contributed by atoms with van der Waals surface area (Å²) in [7, 11) is 2.19. The molecule has 0 aliphatic carbocycles. The van der Waals surface area contributed by atoms with Crippen LogP contribution in [0.5, 0.6) is 0 Å². The Kier molecular flexibility index (Phi) is 3.85. The molecule has 1 fully saturated rings. The van der Waals surface area contributed by atoms with Crippen LogP contribution >= 0.6 is 11.6 Å². The van der Waals surface area contributed by atoms with Crippen LogP contribution in [0.3, 0.4) is 0 Å². The number of hydrogen-bond donors (Lipinski definition) is 1. The van der Waals surface area contributed by atoms with E-state index in [2.05, 4.69) is 30.7 Å². The van der Waals surface area contributed by atoms with Crippen molar-refractivity contribution in [3.05, 3.63) is 28.8 Å². The summed E-state index contributed by atoms with van der Waals surface area (Å²) in [5.41, 5.74) is 7.94. The smallest absolute Gasteiger partial charge is 0.0452 e. The molecule has 2 N–H and O–H groups in total. The zero-order valence-electron chi connectivity index (χ0n) is 11.4. The molecule has 0 amide bonds. The van der Waals surface area contributed by atoms with E-state index in [0.29, 0.717) is 0 Å². The molecule has 1 aliphatic rings. The van der Waals surface area contributed by atoms with Crippen molar-refractivity contribution in [1.29, 1.82) is 0 Å². The summed E-state index contributed by atoms with van der Waals surface area (Å²) in [6, 6.07) is 5.71. The number of anilines is 1. The van der Waals surface area contributed by atoms with Crippen LogP contribution in [0.1, 0.15) is 19.4 Å². The van der Waals surface area contributed by atoms with Gasteiger partial charge in [0.2, 0.25) is 0 Å². The summed E-state index contributed by atoms with van der Waals surface area (Å²) in [5.74, 6) is 0. The van der Waals surface area contributed by atoms with Crippen molar-refractivity contribution in [2.45, 2.75) is 25.9 Å². The third-order valence-corrected chi connectivity index (χ3v) is 4.23. The number of nitrogen functional groups attached to an aromatic ring is 1. The second kappa shape index (κ2) is 5.08. The zero-order chi connectivity index (χ0) is 13.3. The highest BCUT2D eigenvalue weighted by molar-refractivity contribution is 6.31. The highest BCUT2D eigenvalue weighted by Gasteiger charge is 2.30. The average Bonchev–Trinajstić information content (AvgIpc) is 2.28. The van der Waals surface area contributed by atoms with Gasteiger partial charge in [-0.25, -0.2) is 0 Å². The lowest BCUT2D eigenvalue weighted by atomic mass is 9.99. The Labute approximate surface area is 115 Å². The Morgan fingerprint density at radius 3 is 2.72 bits per heavy atom.